The molecule has 1 aromatic carbocycles. The van der Waals surface area contributed by atoms with Gasteiger partial charge in [0, 0.05) is 18.5 Å². The zero-order chi connectivity index (χ0) is 17.7. The first-order valence-corrected chi connectivity index (χ1v) is 7.84. The van der Waals surface area contributed by atoms with Crippen LogP contribution < -0.4 is 10.1 Å². The van der Waals surface area contributed by atoms with Crippen molar-refractivity contribution in [3.05, 3.63) is 46.8 Å². The van der Waals surface area contributed by atoms with Crippen molar-refractivity contribution in [2.75, 3.05) is 13.7 Å². The first-order chi connectivity index (χ1) is 11.3. The monoisotopic (exact) mass is 332 g/mol. The van der Waals surface area contributed by atoms with Crippen molar-refractivity contribution >= 4 is 5.91 Å². The van der Waals surface area contributed by atoms with E-state index in [0.717, 1.165) is 16.9 Å². The molecule has 0 radical (unpaired) electrons. The Morgan fingerprint density at radius 1 is 1.33 bits per heavy atom. The number of ether oxygens (including phenoxy) is 1. The molecule has 1 amide bonds. The van der Waals surface area contributed by atoms with E-state index >= 15 is 0 Å². The van der Waals surface area contributed by atoms with Gasteiger partial charge in [0.2, 0.25) is 5.91 Å². The van der Waals surface area contributed by atoms with Crippen LogP contribution in [0.2, 0.25) is 0 Å². The number of carbonyl (C=O) groups excluding carboxylic acids is 1. The Hall–Kier alpha value is -2.34. The standard InChI is InChI=1S/C18H24N2O4/c1-12-16(13(2)24-20-12)9-17(21)19-11-18(3,22)10-14-5-7-15(23-4)8-6-14/h5-8,22H,9-11H2,1-4H3,(H,19,21)/t18-/m0/s1. The Labute approximate surface area is 141 Å². The first-order valence-electron chi connectivity index (χ1n) is 7.84. The highest BCUT2D eigenvalue weighted by molar-refractivity contribution is 5.79. The lowest BCUT2D eigenvalue weighted by molar-refractivity contribution is -0.121. The molecule has 1 atom stereocenters. The molecule has 24 heavy (non-hydrogen) atoms. The molecule has 0 saturated carbocycles. The number of rotatable bonds is 7. The SMILES string of the molecule is COc1ccc(C[C@](C)(O)CNC(=O)Cc2c(C)noc2C)cc1. The third kappa shape index (κ3) is 4.83. The molecule has 2 rings (SSSR count). The summed E-state index contributed by atoms with van der Waals surface area (Å²) >= 11 is 0. The molecule has 6 heteroatoms. The van der Waals surface area contributed by atoms with Crippen LogP contribution in [-0.4, -0.2) is 35.4 Å². The summed E-state index contributed by atoms with van der Waals surface area (Å²) in [6.07, 6.45) is 0.627. The quantitative estimate of drug-likeness (QED) is 0.809. The van der Waals surface area contributed by atoms with Crippen LogP contribution in [0.3, 0.4) is 0 Å². The van der Waals surface area contributed by atoms with E-state index in [1.54, 1.807) is 27.9 Å². The molecule has 0 aliphatic heterocycles. The second-order valence-corrected chi connectivity index (χ2v) is 6.28. The van der Waals surface area contributed by atoms with E-state index in [-0.39, 0.29) is 18.9 Å². The molecular formula is C18H24N2O4. The van der Waals surface area contributed by atoms with Crippen LogP contribution in [0.5, 0.6) is 5.75 Å². The summed E-state index contributed by atoms with van der Waals surface area (Å²) < 4.78 is 10.2. The van der Waals surface area contributed by atoms with Gasteiger partial charge in [0.05, 0.1) is 24.8 Å². The molecule has 0 aliphatic rings. The van der Waals surface area contributed by atoms with E-state index in [0.29, 0.717) is 17.9 Å². The summed E-state index contributed by atoms with van der Waals surface area (Å²) in [4.78, 5) is 12.1. The normalized spacial score (nSPS) is 13.4. The Bertz CT molecular complexity index is 670. The smallest absolute Gasteiger partial charge is 0.224 e. The lowest BCUT2D eigenvalue weighted by Crippen LogP contribution is -2.42. The maximum Gasteiger partial charge on any atom is 0.224 e. The molecule has 2 N–H and O–H groups in total. The van der Waals surface area contributed by atoms with Gasteiger partial charge >= 0.3 is 0 Å². The zero-order valence-corrected chi connectivity index (χ0v) is 14.5. The Morgan fingerprint density at radius 3 is 2.54 bits per heavy atom. The molecule has 0 fully saturated rings. The highest BCUT2D eigenvalue weighted by Gasteiger charge is 2.22. The Morgan fingerprint density at radius 2 is 2.00 bits per heavy atom. The largest absolute Gasteiger partial charge is 0.497 e. The van der Waals surface area contributed by atoms with Crippen LogP contribution in [0.4, 0.5) is 0 Å². The Kier molecular flexibility index (Phi) is 5.62. The van der Waals surface area contributed by atoms with E-state index in [1.807, 2.05) is 24.3 Å². The van der Waals surface area contributed by atoms with Gasteiger partial charge in [-0.15, -0.1) is 0 Å². The van der Waals surface area contributed by atoms with Crippen molar-refractivity contribution in [3.8, 4) is 5.75 Å². The molecule has 6 nitrogen and oxygen atoms in total. The summed E-state index contributed by atoms with van der Waals surface area (Å²) in [5.74, 6) is 1.25. The molecule has 1 heterocycles. The Balaban J connectivity index is 1.88. The lowest BCUT2D eigenvalue weighted by Gasteiger charge is -2.24. The molecule has 0 saturated heterocycles. The molecule has 1 aromatic heterocycles. The number of methoxy groups -OCH3 is 1. The number of hydrogen-bond acceptors (Lipinski definition) is 5. The van der Waals surface area contributed by atoms with Gasteiger partial charge in [0.15, 0.2) is 0 Å². The van der Waals surface area contributed by atoms with Gasteiger partial charge in [-0.1, -0.05) is 17.3 Å². The number of nitrogens with one attached hydrogen (secondary N) is 1. The highest BCUT2D eigenvalue weighted by Crippen LogP contribution is 2.17. The number of benzene rings is 1. The van der Waals surface area contributed by atoms with Gasteiger partial charge in [0.1, 0.15) is 11.5 Å². The minimum atomic E-state index is -1.04. The molecule has 0 aliphatic carbocycles. The molecule has 0 unspecified atom stereocenters. The van der Waals surface area contributed by atoms with Gasteiger partial charge < -0.3 is 19.7 Å². The number of nitrogens with zero attached hydrogens (tertiary/aromatic N) is 1. The van der Waals surface area contributed by atoms with Crippen LogP contribution in [-0.2, 0) is 17.6 Å². The van der Waals surface area contributed by atoms with Crippen LogP contribution in [0.1, 0.15) is 29.5 Å². The predicted octanol–water partition coefficient (Wildman–Crippen LogP) is 1.95. The van der Waals surface area contributed by atoms with Crippen molar-refractivity contribution in [1.82, 2.24) is 10.5 Å². The summed E-state index contributed by atoms with van der Waals surface area (Å²) in [6, 6.07) is 7.50. The second kappa shape index (κ2) is 7.49. The number of hydrogen-bond donors (Lipinski definition) is 2. The fourth-order valence-electron chi connectivity index (χ4n) is 2.51. The highest BCUT2D eigenvalue weighted by atomic mass is 16.5. The fraction of sp³-hybridized carbons (Fsp3) is 0.444. The van der Waals surface area contributed by atoms with Crippen molar-refractivity contribution in [2.24, 2.45) is 0 Å². The maximum atomic E-state index is 12.1. The summed E-state index contributed by atoms with van der Waals surface area (Å²) in [5, 5.41) is 17.1. The van der Waals surface area contributed by atoms with Crippen molar-refractivity contribution < 1.29 is 19.2 Å². The van der Waals surface area contributed by atoms with Gasteiger partial charge in [-0.25, -0.2) is 0 Å². The maximum absolute atomic E-state index is 12.1. The third-order valence-electron chi connectivity index (χ3n) is 3.93. The van der Waals surface area contributed by atoms with Crippen molar-refractivity contribution in [1.29, 1.82) is 0 Å². The number of aryl methyl sites for hydroxylation is 2. The predicted molar refractivity (Wildman–Crippen MR) is 90.0 cm³/mol. The van der Waals surface area contributed by atoms with Crippen molar-refractivity contribution in [3.63, 3.8) is 0 Å². The van der Waals surface area contributed by atoms with E-state index in [1.165, 1.54) is 0 Å². The van der Waals surface area contributed by atoms with Gasteiger partial charge in [-0.3, -0.25) is 4.79 Å². The molecule has 0 spiro atoms. The van der Waals surface area contributed by atoms with Crippen LogP contribution in [0, 0.1) is 13.8 Å². The molecule has 2 aromatic rings. The average molecular weight is 332 g/mol. The summed E-state index contributed by atoms with van der Waals surface area (Å²) in [6.45, 7) is 5.45. The van der Waals surface area contributed by atoms with E-state index in [9.17, 15) is 9.90 Å². The van der Waals surface area contributed by atoms with Crippen LogP contribution in [0.15, 0.2) is 28.8 Å². The lowest BCUT2D eigenvalue weighted by atomic mass is 9.96. The summed E-state index contributed by atoms with van der Waals surface area (Å²) in [5.41, 5.74) is 1.44. The number of aliphatic hydroxyl groups is 1. The third-order valence-corrected chi connectivity index (χ3v) is 3.93. The molecule has 130 valence electrons. The van der Waals surface area contributed by atoms with E-state index in [4.69, 9.17) is 9.26 Å². The number of carbonyl (C=O) groups is 1. The van der Waals surface area contributed by atoms with Crippen LogP contribution >= 0.6 is 0 Å². The minimum Gasteiger partial charge on any atom is -0.497 e. The van der Waals surface area contributed by atoms with Gasteiger partial charge in [0.25, 0.3) is 0 Å². The molecule has 0 bridgehead atoms. The van der Waals surface area contributed by atoms with E-state index < -0.39 is 5.60 Å². The van der Waals surface area contributed by atoms with E-state index in [2.05, 4.69) is 10.5 Å². The molecular weight excluding hydrogens is 308 g/mol. The van der Waals surface area contributed by atoms with Crippen molar-refractivity contribution in [2.45, 2.75) is 39.2 Å². The first kappa shape index (κ1) is 18.0. The number of aromatic nitrogens is 1. The van der Waals surface area contributed by atoms with Gasteiger partial charge in [-0.05, 0) is 38.5 Å². The topological polar surface area (TPSA) is 84.6 Å². The van der Waals surface area contributed by atoms with Crippen LogP contribution in [0.25, 0.3) is 0 Å². The number of amides is 1. The minimum absolute atomic E-state index is 0.167. The zero-order valence-electron chi connectivity index (χ0n) is 14.5. The summed E-state index contributed by atoms with van der Waals surface area (Å²) in [7, 11) is 1.61. The average Bonchev–Trinajstić information content (AvgIpc) is 2.85. The second-order valence-electron chi connectivity index (χ2n) is 6.28. The van der Waals surface area contributed by atoms with Gasteiger partial charge in [-0.2, -0.15) is 0 Å². The fourth-order valence-corrected chi connectivity index (χ4v) is 2.51.